The molecule has 0 bridgehead atoms. The molecule has 0 saturated heterocycles. The van der Waals surface area contributed by atoms with Crippen molar-refractivity contribution in [3.63, 3.8) is 0 Å². The van der Waals surface area contributed by atoms with Gasteiger partial charge in [0.1, 0.15) is 0 Å². The number of nitrogen functional groups attached to an aromatic ring is 1. The van der Waals surface area contributed by atoms with Crippen LogP contribution in [-0.4, -0.2) is 9.97 Å². The normalized spacial score (nSPS) is 11.4. The molecule has 1 heterocycles. The summed E-state index contributed by atoms with van der Waals surface area (Å²) in [5, 5.41) is 2.83. The first-order valence-electron chi connectivity index (χ1n) is 5.54. The molecule has 8 heteroatoms. The maximum atomic E-state index is 12.6. The summed E-state index contributed by atoms with van der Waals surface area (Å²) >= 11 is 5.62. The molecular weight excluding hydrogens is 293 g/mol. The molecule has 0 fully saturated rings. The predicted octanol–water partition coefficient (Wildman–Crippen LogP) is 3.34. The molecule has 0 atom stereocenters. The number of hydrogen-bond donors (Lipinski definition) is 2. The number of alkyl halides is 3. The van der Waals surface area contributed by atoms with Crippen molar-refractivity contribution in [2.75, 3.05) is 11.1 Å². The third-order valence-corrected chi connectivity index (χ3v) is 2.68. The summed E-state index contributed by atoms with van der Waals surface area (Å²) in [6.07, 6.45) is -3.04. The van der Waals surface area contributed by atoms with Gasteiger partial charge in [-0.1, -0.05) is 12.1 Å². The summed E-state index contributed by atoms with van der Waals surface area (Å²) in [5.74, 6) is 0.280. The van der Waals surface area contributed by atoms with Crippen LogP contribution in [0.2, 0.25) is 5.28 Å². The number of nitrogens with two attached hydrogens (primary N) is 1. The summed E-state index contributed by atoms with van der Waals surface area (Å²) < 4.78 is 37.7. The Hall–Kier alpha value is -2.02. The van der Waals surface area contributed by atoms with Gasteiger partial charge in [-0.15, -0.1) is 0 Å². The lowest BCUT2D eigenvalue weighted by Gasteiger charge is -2.11. The summed E-state index contributed by atoms with van der Waals surface area (Å²) in [4.78, 5) is 7.54. The van der Waals surface area contributed by atoms with Gasteiger partial charge in [0.25, 0.3) is 0 Å². The maximum Gasteiger partial charge on any atom is 0.416 e. The lowest BCUT2D eigenvalue weighted by atomic mass is 10.1. The van der Waals surface area contributed by atoms with E-state index in [0.717, 1.165) is 12.1 Å². The van der Waals surface area contributed by atoms with Crippen LogP contribution in [-0.2, 0) is 12.7 Å². The highest BCUT2D eigenvalue weighted by atomic mass is 35.5. The second-order valence-corrected chi connectivity index (χ2v) is 4.33. The third kappa shape index (κ3) is 3.51. The lowest BCUT2D eigenvalue weighted by Crippen LogP contribution is -2.08. The van der Waals surface area contributed by atoms with Crippen molar-refractivity contribution in [3.05, 3.63) is 46.9 Å². The standard InChI is InChI=1S/C12H10ClF3N4/c13-11-19-6-9(17)10(20-11)18-5-7-2-1-3-8(4-7)12(14,15)16/h1-4,6H,5,17H2,(H,18,19,20). The molecule has 0 spiro atoms. The molecule has 1 aromatic carbocycles. The average Bonchev–Trinajstić information content (AvgIpc) is 2.39. The number of benzene rings is 1. The fourth-order valence-electron chi connectivity index (χ4n) is 1.55. The van der Waals surface area contributed by atoms with Gasteiger partial charge in [-0.25, -0.2) is 4.98 Å². The third-order valence-electron chi connectivity index (χ3n) is 2.50. The summed E-state index contributed by atoms with van der Waals surface area (Å²) in [6.45, 7) is 0.140. The minimum absolute atomic E-state index is 0.00532. The van der Waals surface area contributed by atoms with E-state index in [1.165, 1.54) is 12.3 Å². The average molecular weight is 303 g/mol. The fourth-order valence-corrected chi connectivity index (χ4v) is 1.69. The molecule has 4 nitrogen and oxygen atoms in total. The Morgan fingerprint density at radius 3 is 2.75 bits per heavy atom. The van der Waals surface area contributed by atoms with E-state index in [0.29, 0.717) is 5.56 Å². The summed E-state index contributed by atoms with van der Waals surface area (Å²) in [7, 11) is 0. The van der Waals surface area contributed by atoms with Gasteiger partial charge in [0.2, 0.25) is 5.28 Å². The zero-order valence-electron chi connectivity index (χ0n) is 10.1. The zero-order valence-corrected chi connectivity index (χ0v) is 10.8. The first kappa shape index (κ1) is 14.4. The Balaban J connectivity index is 2.13. The van der Waals surface area contributed by atoms with Crippen LogP contribution in [0.5, 0.6) is 0 Å². The van der Waals surface area contributed by atoms with E-state index >= 15 is 0 Å². The highest BCUT2D eigenvalue weighted by Crippen LogP contribution is 2.29. The molecule has 1 aromatic heterocycles. The Kier molecular flexibility index (Phi) is 3.99. The van der Waals surface area contributed by atoms with Crippen molar-refractivity contribution < 1.29 is 13.2 Å². The van der Waals surface area contributed by atoms with Crippen LogP contribution < -0.4 is 11.1 Å². The van der Waals surface area contributed by atoms with Crippen LogP contribution in [0.1, 0.15) is 11.1 Å². The van der Waals surface area contributed by atoms with Crippen molar-refractivity contribution in [1.82, 2.24) is 9.97 Å². The predicted molar refractivity (Wildman–Crippen MR) is 70.2 cm³/mol. The molecule has 2 rings (SSSR count). The highest BCUT2D eigenvalue weighted by molar-refractivity contribution is 6.28. The lowest BCUT2D eigenvalue weighted by molar-refractivity contribution is -0.137. The molecular formula is C12H10ClF3N4. The monoisotopic (exact) mass is 302 g/mol. The Labute approximate surface area is 117 Å². The molecule has 0 aliphatic heterocycles. The second kappa shape index (κ2) is 5.54. The second-order valence-electron chi connectivity index (χ2n) is 3.99. The van der Waals surface area contributed by atoms with Gasteiger partial charge in [-0.2, -0.15) is 18.2 Å². The van der Waals surface area contributed by atoms with Crippen molar-refractivity contribution in [1.29, 1.82) is 0 Å². The molecule has 0 radical (unpaired) electrons. The van der Waals surface area contributed by atoms with Gasteiger partial charge in [-0.3, -0.25) is 0 Å². The van der Waals surface area contributed by atoms with E-state index in [9.17, 15) is 13.2 Å². The number of nitrogens with one attached hydrogen (secondary N) is 1. The van der Waals surface area contributed by atoms with E-state index < -0.39 is 11.7 Å². The van der Waals surface area contributed by atoms with Gasteiger partial charge in [0, 0.05) is 6.54 Å². The van der Waals surface area contributed by atoms with Crippen LogP contribution in [0.25, 0.3) is 0 Å². The van der Waals surface area contributed by atoms with Gasteiger partial charge in [-0.05, 0) is 29.3 Å². The molecule has 0 unspecified atom stereocenters. The van der Waals surface area contributed by atoms with E-state index in [2.05, 4.69) is 15.3 Å². The van der Waals surface area contributed by atoms with E-state index in [1.807, 2.05) is 0 Å². The molecule has 3 N–H and O–H groups in total. The zero-order chi connectivity index (χ0) is 14.8. The number of halogens is 4. The van der Waals surface area contributed by atoms with Gasteiger partial charge < -0.3 is 11.1 Å². The molecule has 0 saturated carbocycles. The number of aromatic nitrogens is 2. The smallest absolute Gasteiger partial charge is 0.394 e. The Morgan fingerprint density at radius 1 is 1.30 bits per heavy atom. The van der Waals surface area contributed by atoms with Crippen LogP contribution in [0.4, 0.5) is 24.7 Å². The van der Waals surface area contributed by atoms with Crippen molar-refractivity contribution >= 4 is 23.1 Å². The number of anilines is 2. The number of nitrogens with zero attached hydrogens (tertiary/aromatic N) is 2. The van der Waals surface area contributed by atoms with E-state index in [-0.39, 0.29) is 23.3 Å². The molecule has 0 aliphatic carbocycles. The van der Waals surface area contributed by atoms with Gasteiger partial charge in [0.05, 0.1) is 17.4 Å². The fraction of sp³-hybridized carbons (Fsp3) is 0.167. The SMILES string of the molecule is Nc1cnc(Cl)nc1NCc1cccc(C(F)(F)F)c1. The maximum absolute atomic E-state index is 12.6. The van der Waals surface area contributed by atoms with Crippen molar-refractivity contribution in [2.24, 2.45) is 0 Å². The molecule has 2 aromatic rings. The van der Waals surface area contributed by atoms with Gasteiger partial charge in [0.15, 0.2) is 5.82 Å². The summed E-state index contributed by atoms with van der Waals surface area (Å²) in [5.41, 5.74) is 5.64. The highest BCUT2D eigenvalue weighted by Gasteiger charge is 2.30. The minimum atomic E-state index is -4.37. The van der Waals surface area contributed by atoms with Crippen LogP contribution in [0, 0.1) is 0 Å². The Morgan fingerprint density at radius 2 is 2.05 bits per heavy atom. The quantitative estimate of drug-likeness (QED) is 0.854. The van der Waals surface area contributed by atoms with Crippen LogP contribution >= 0.6 is 11.6 Å². The van der Waals surface area contributed by atoms with E-state index in [1.54, 1.807) is 6.07 Å². The Bertz CT molecular complexity index is 616. The molecule has 0 amide bonds. The topological polar surface area (TPSA) is 63.8 Å². The van der Waals surface area contributed by atoms with E-state index in [4.69, 9.17) is 17.3 Å². The summed E-state index contributed by atoms with van der Waals surface area (Å²) in [6, 6.07) is 4.99. The van der Waals surface area contributed by atoms with Gasteiger partial charge >= 0.3 is 6.18 Å². The van der Waals surface area contributed by atoms with Crippen LogP contribution in [0.3, 0.4) is 0 Å². The van der Waals surface area contributed by atoms with Crippen molar-refractivity contribution in [3.8, 4) is 0 Å². The molecule has 20 heavy (non-hydrogen) atoms. The van der Waals surface area contributed by atoms with Crippen LogP contribution in [0.15, 0.2) is 30.5 Å². The molecule has 0 aliphatic rings. The largest absolute Gasteiger partial charge is 0.416 e. The first-order valence-corrected chi connectivity index (χ1v) is 5.92. The number of rotatable bonds is 3. The number of hydrogen-bond acceptors (Lipinski definition) is 4. The first-order chi connectivity index (χ1) is 9.36. The molecule has 106 valence electrons. The van der Waals surface area contributed by atoms with Crippen molar-refractivity contribution in [2.45, 2.75) is 12.7 Å². The minimum Gasteiger partial charge on any atom is -0.394 e.